The van der Waals surface area contributed by atoms with Crippen molar-refractivity contribution in [3.05, 3.63) is 18.5 Å². The van der Waals surface area contributed by atoms with Crippen LogP contribution in [0.4, 0.5) is 10.7 Å². The number of carbonyl (C=O) groups excluding carboxylic acids is 1. The Morgan fingerprint density at radius 1 is 1.30 bits per heavy atom. The Bertz CT molecular complexity index is 535. The van der Waals surface area contributed by atoms with E-state index in [9.17, 15) is 4.79 Å². The van der Waals surface area contributed by atoms with Gasteiger partial charge in [0.1, 0.15) is 5.60 Å². The topological polar surface area (TPSA) is 70.6 Å². The van der Waals surface area contributed by atoms with Crippen molar-refractivity contribution in [3.63, 3.8) is 0 Å². The van der Waals surface area contributed by atoms with Crippen LogP contribution in [0.3, 0.4) is 0 Å². The molecule has 1 aromatic heterocycles. The van der Waals surface area contributed by atoms with Crippen molar-refractivity contribution in [1.82, 2.24) is 20.2 Å². The van der Waals surface area contributed by atoms with Crippen molar-refractivity contribution in [2.45, 2.75) is 38.3 Å². The molecule has 2 aliphatic heterocycles. The number of hydrogen-bond acceptors (Lipinski definition) is 5. The van der Waals surface area contributed by atoms with Gasteiger partial charge in [-0.2, -0.15) is 0 Å². The van der Waals surface area contributed by atoms with Crippen LogP contribution >= 0.6 is 0 Å². The van der Waals surface area contributed by atoms with E-state index in [0.29, 0.717) is 19.7 Å². The molecule has 7 nitrogen and oxygen atoms in total. The van der Waals surface area contributed by atoms with Crippen LogP contribution in [-0.2, 0) is 4.74 Å². The summed E-state index contributed by atoms with van der Waals surface area (Å²) in [5.74, 6) is 0.735. The maximum absolute atomic E-state index is 12.3. The second kappa shape index (κ2) is 6.70. The zero-order chi connectivity index (χ0) is 16.3. The van der Waals surface area contributed by atoms with E-state index in [1.165, 1.54) is 0 Å². The Hall–Kier alpha value is -1.89. The van der Waals surface area contributed by atoms with E-state index in [1.807, 2.05) is 24.8 Å². The number of nitrogens with one attached hydrogen (secondary N) is 1. The number of urea groups is 1. The first-order valence-corrected chi connectivity index (χ1v) is 8.29. The Morgan fingerprint density at radius 2 is 2.09 bits per heavy atom. The molecule has 1 N–H and O–H groups in total. The lowest BCUT2D eigenvalue weighted by Crippen LogP contribution is -2.62. The molecule has 0 radical (unpaired) electrons. The van der Waals surface area contributed by atoms with Crippen molar-refractivity contribution in [2.24, 2.45) is 0 Å². The molecule has 1 spiro atoms. The zero-order valence-corrected chi connectivity index (χ0v) is 13.9. The smallest absolute Gasteiger partial charge is 0.317 e. The Labute approximate surface area is 137 Å². The van der Waals surface area contributed by atoms with Gasteiger partial charge in [0.15, 0.2) is 0 Å². The van der Waals surface area contributed by atoms with Crippen LogP contribution in [0.1, 0.15) is 26.7 Å². The van der Waals surface area contributed by atoms with Crippen LogP contribution in [0, 0.1) is 0 Å². The van der Waals surface area contributed by atoms with E-state index < -0.39 is 0 Å². The number of rotatable bonds is 2. The quantitative estimate of drug-likeness (QED) is 0.889. The fourth-order valence-corrected chi connectivity index (χ4v) is 3.33. The van der Waals surface area contributed by atoms with Crippen LogP contribution in [0.2, 0.25) is 0 Å². The molecule has 1 aromatic rings. The third-order valence-electron chi connectivity index (χ3n) is 4.32. The maximum Gasteiger partial charge on any atom is 0.317 e. The molecule has 3 rings (SSSR count). The van der Waals surface area contributed by atoms with Crippen molar-refractivity contribution < 1.29 is 9.53 Å². The maximum atomic E-state index is 12.3. The third-order valence-corrected chi connectivity index (χ3v) is 4.32. The highest BCUT2D eigenvalue weighted by atomic mass is 16.5. The molecular weight excluding hydrogens is 294 g/mol. The van der Waals surface area contributed by atoms with E-state index in [2.05, 4.69) is 20.2 Å². The zero-order valence-electron chi connectivity index (χ0n) is 13.9. The van der Waals surface area contributed by atoms with E-state index in [4.69, 9.17) is 4.74 Å². The number of amides is 2. The summed E-state index contributed by atoms with van der Waals surface area (Å²) in [5.41, 5.74) is -0.315. The largest absolute Gasteiger partial charge is 0.369 e. The molecular formula is C16H25N5O2. The van der Waals surface area contributed by atoms with Gasteiger partial charge in [-0.15, -0.1) is 0 Å². The highest BCUT2D eigenvalue weighted by Crippen LogP contribution is 2.30. The predicted octanol–water partition coefficient (Wildman–Crippen LogP) is 1.27. The second-order valence-corrected chi connectivity index (χ2v) is 6.63. The van der Waals surface area contributed by atoms with Crippen LogP contribution in [0.5, 0.6) is 0 Å². The highest BCUT2D eigenvalue weighted by Gasteiger charge is 2.42. The summed E-state index contributed by atoms with van der Waals surface area (Å²) in [5, 5.41) is 2.97. The van der Waals surface area contributed by atoms with Gasteiger partial charge in [0.2, 0.25) is 5.95 Å². The van der Waals surface area contributed by atoms with Crippen LogP contribution in [-0.4, -0.2) is 65.3 Å². The van der Waals surface area contributed by atoms with Gasteiger partial charge in [-0.05, 0) is 32.8 Å². The van der Waals surface area contributed by atoms with Crippen LogP contribution in [0.15, 0.2) is 18.5 Å². The lowest BCUT2D eigenvalue weighted by Gasteiger charge is -2.48. The molecule has 1 atom stereocenters. The second-order valence-electron chi connectivity index (χ2n) is 6.63. The monoisotopic (exact) mass is 319 g/mol. The molecule has 2 aliphatic rings. The fraction of sp³-hybridized carbons (Fsp3) is 0.688. The van der Waals surface area contributed by atoms with Crippen molar-refractivity contribution in [3.8, 4) is 0 Å². The number of aromatic nitrogens is 2. The van der Waals surface area contributed by atoms with E-state index in [-0.39, 0.29) is 17.7 Å². The summed E-state index contributed by atoms with van der Waals surface area (Å²) in [4.78, 5) is 25.0. The molecule has 126 valence electrons. The number of ether oxygens (including phenoxy) is 1. The van der Waals surface area contributed by atoms with Gasteiger partial charge in [-0.1, -0.05) is 0 Å². The first-order valence-electron chi connectivity index (χ1n) is 8.29. The predicted molar refractivity (Wildman–Crippen MR) is 87.4 cm³/mol. The minimum Gasteiger partial charge on any atom is -0.369 e. The first-order chi connectivity index (χ1) is 11.1. The first kappa shape index (κ1) is 16.0. The number of carbonyl (C=O) groups is 1. The lowest BCUT2D eigenvalue weighted by atomic mass is 9.91. The standard InChI is InChI=1S/C16H25N5O2/c1-13(2)19-15(22)21-9-10-23-16(12-21)5-3-8-20(11-16)14-17-6-4-7-18-14/h4,6-7,13H,3,5,8-12H2,1-2H3,(H,19,22). The van der Waals surface area contributed by atoms with Crippen molar-refractivity contribution in [1.29, 1.82) is 0 Å². The van der Waals surface area contributed by atoms with Gasteiger partial charge >= 0.3 is 6.03 Å². The summed E-state index contributed by atoms with van der Waals surface area (Å²) < 4.78 is 6.12. The van der Waals surface area contributed by atoms with E-state index in [1.54, 1.807) is 12.4 Å². The molecule has 23 heavy (non-hydrogen) atoms. The number of nitrogens with zero attached hydrogens (tertiary/aromatic N) is 4. The molecule has 7 heteroatoms. The summed E-state index contributed by atoms with van der Waals surface area (Å²) in [6.45, 7) is 7.44. The lowest BCUT2D eigenvalue weighted by molar-refractivity contribution is -0.103. The SMILES string of the molecule is CC(C)NC(=O)N1CCOC2(CCCN(c3ncccn3)C2)C1. The van der Waals surface area contributed by atoms with Gasteiger partial charge in [-0.25, -0.2) is 14.8 Å². The third kappa shape index (κ3) is 3.72. The van der Waals surface area contributed by atoms with E-state index >= 15 is 0 Å². The Balaban J connectivity index is 1.69. The minimum absolute atomic E-state index is 0.00393. The van der Waals surface area contributed by atoms with Crippen LogP contribution in [0.25, 0.3) is 0 Å². The molecule has 0 bridgehead atoms. The molecule has 1 unspecified atom stereocenters. The van der Waals surface area contributed by atoms with Gasteiger partial charge in [0.05, 0.1) is 19.7 Å². The average Bonchev–Trinajstić information content (AvgIpc) is 2.55. The molecule has 2 saturated heterocycles. The Morgan fingerprint density at radius 3 is 2.83 bits per heavy atom. The number of anilines is 1. The molecule has 0 saturated carbocycles. The normalized spacial score (nSPS) is 25.0. The van der Waals surface area contributed by atoms with Crippen molar-refractivity contribution >= 4 is 12.0 Å². The van der Waals surface area contributed by atoms with Gasteiger partial charge < -0.3 is 19.9 Å². The average molecular weight is 319 g/mol. The van der Waals surface area contributed by atoms with Gasteiger partial charge in [0, 0.05) is 31.5 Å². The molecule has 0 aliphatic carbocycles. The molecule has 0 aromatic carbocycles. The van der Waals surface area contributed by atoms with Gasteiger partial charge in [0.25, 0.3) is 0 Å². The minimum atomic E-state index is -0.315. The molecule has 2 amide bonds. The number of hydrogen-bond donors (Lipinski definition) is 1. The van der Waals surface area contributed by atoms with Crippen molar-refractivity contribution in [2.75, 3.05) is 37.7 Å². The summed E-state index contributed by atoms with van der Waals surface area (Å²) in [6, 6.07) is 1.95. The number of morpholine rings is 1. The Kier molecular flexibility index (Phi) is 4.66. The van der Waals surface area contributed by atoms with Gasteiger partial charge in [-0.3, -0.25) is 0 Å². The summed E-state index contributed by atoms with van der Waals surface area (Å²) in [6.07, 6.45) is 5.49. The molecule has 2 fully saturated rings. The fourth-order valence-electron chi connectivity index (χ4n) is 3.33. The highest BCUT2D eigenvalue weighted by molar-refractivity contribution is 5.74. The van der Waals surface area contributed by atoms with E-state index in [0.717, 1.165) is 31.9 Å². The summed E-state index contributed by atoms with van der Waals surface area (Å²) in [7, 11) is 0. The number of piperidine rings is 1. The van der Waals surface area contributed by atoms with Crippen LogP contribution < -0.4 is 10.2 Å². The summed E-state index contributed by atoms with van der Waals surface area (Å²) >= 11 is 0. The molecule has 3 heterocycles.